The van der Waals surface area contributed by atoms with Crippen molar-refractivity contribution in [3.8, 4) is 5.75 Å². The average Bonchev–Trinajstić information content (AvgIpc) is 2.47. The number of urea groups is 1. The molecule has 0 saturated carbocycles. The molecule has 7 heteroatoms. The van der Waals surface area contributed by atoms with E-state index in [2.05, 4.69) is 5.32 Å². The molecular weight excluding hydrogens is 292 g/mol. The molecular formula is C14H20N2O4S. The molecule has 1 aliphatic rings. The molecule has 21 heavy (non-hydrogen) atoms. The molecule has 0 aliphatic carbocycles. The Morgan fingerprint density at radius 2 is 1.90 bits per heavy atom. The van der Waals surface area contributed by atoms with Crippen LogP contribution in [-0.4, -0.2) is 51.1 Å². The third-order valence-corrected chi connectivity index (χ3v) is 5.37. The number of hydrogen-bond donors (Lipinski definition) is 1. The van der Waals surface area contributed by atoms with Crippen molar-refractivity contribution in [2.45, 2.75) is 18.1 Å². The van der Waals surface area contributed by atoms with E-state index >= 15 is 0 Å². The zero-order chi connectivity index (χ0) is 15.5. The van der Waals surface area contributed by atoms with Gasteiger partial charge < -0.3 is 15.0 Å². The molecule has 1 fully saturated rings. The molecule has 1 aromatic carbocycles. The lowest BCUT2D eigenvalue weighted by Gasteiger charge is -2.31. The second-order valence-corrected chi connectivity index (χ2v) is 7.47. The Bertz CT molecular complexity index is 607. The van der Waals surface area contributed by atoms with Crippen molar-refractivity contribution in [1.82, 2.24) is 4.90 Å². The number of nitrogens with one attached hydrogen (secondary N) is 1. The highest BCUT2D eigenvalue weighted by atomic mass is 32.2. The molecule has 1 aliphatic heterocycles. The van der Waals surface area contributed by atoms with E-state index in [1.165, 1.54) is 6.26 Å². The van der Waals surface area contributed by atoms with Crippen molar-refractivity contribution in [1.29, 1.82) is 0 Å². The molecule has 2 amide bonds. The molecule has 1 aromatic rings. The number of sulfone groups is 1. The minimum Gasteiger partial charge on any atom is -0.495 e. The van der Waals surface area contributed by atoms with Crippen molar-refractivity contribution >= 4 is 21.6 Å². The minimum absolute atomic E-state index is 0.230. The number of carbonyl (C=O) groups excluding carboxylic acids is 1. The molecule has 0 bridgehead atoms. The van der Waals surface area contributed by atoms with Gasteiger partial charge in [0.2, 0.25) is 0 Å². The quantitative estimate of drug-likeness (QED) is 0.922. The number of methoxy groups -OCH3 is 1. The van der Waals surface area contributed by atoms with E-state index in [-0.39, 0.29) is 11.3 Å². The van der Waals surface area contributed by atoms with Gasteiger partial charge in [-0.3, -0.25) is 0 Å². The van der Waals surface area contributed by atoms with Crippen LogP contribution in [0, 0.1) is 0 Å². The molecule has 2 rings (SSSR count). The van der Waals surface area contributed by atoms with E-state index in [1.807, 2.05) is 12.1 Å². The number of piperidine rings is 1. The van der Waals surface area contributed by atoms with Crippen LogP contribution in [0.15, 0.2) is 24.3 Å². The van der Waals surface area contributed by atoms with Crippen LogP contribution >= 0.6 is 0 Å². The lowest BCUT2D eigenvalue weighted by atomic mass is 10.1. The number of rotatable bonds is 3. The number of anilines is 1. The lowest BCUT2D eigenvalue weighted by molar-refractivity contribution is 0.200. The van der Waals surface area contributed by atoms with Crippen molar-refractivity contribution < 1.29 is 17.9 Å². The third-order valence-electron chi connectivity index (χ3n) is 3.68. The maximum absolute atomic E-state index is 12.2. The Morgan fingerprint density at radius 1 is 1.29 bits per heavy atom. The molecule has 1 heterocycles. The summed E-state index contributed by atoms with van der Waals surface area (Å²) in [6.45, 7) is 0.886. The molecule has 6 nitrogen and oxygen atoms in total. The van der Waals surface area contributed by atoms with Gasteiger partial charge in [-0.2, -0.15) is 0 Å². The van der Waals surface area contributed by atoms with Crippen LogP contribution in [0.2, 0.25) is 0 Å². The fourth-order valence-electron chi connectivity index (χ4n) is 2.43. The number of likely N-dealkylation sites (tertiary alicyclic amines) is 1. The Labute approximate surface area is 125 Å². The Hall–Kier alpha value is -1.76. The lowest BCUT2D eigenvalue weighted by Crippen LogP contribution is -2.44. The number of ether oxygens (including phenoxy) is 1. The van der Waals surface area contributed by atoms with Gasteiger partial charge in [0.1, 0.15) is 15.6 Å². The first-order valence-corrected chi connectivity index (χ1v) is 8.75. The van der Waals surface area contributed by atoms with E-state index in [9.17, 15) is 13.2 Å². The summed E-state index contributed by atoms with van der Waals surface area (Å²) in [6.07, 6.45) is 2.22. The molecule has 116 valence electrons. The maximum Gasteiger partial charge on any atom is 0.321 e. The van der Waals surface area contributed by atoms with Crippen LogP contribution < -0.4 is 10.1 Å². The molecule has 0 aromatic heterocycles. The maximum atomic E-state index is 12.2. The molecule has 1 saturated heterocycles. The summed E-state index contributed by atoms with van der Waals surface area (Å²) >= 11 is 0. The SMILES string of the molecule is COc1ccccc1NC(=O)N1CCC(S(C)(=O)=O)CC1. The summed E-state index contributed by atoms with van der Waals surface area (Å²) in [6, 6.07) is 6.94. The van der Waals surface area contributed by atoms with Crippen LogP contribution in [0.25, 0.3) is 0 Å². The summed E-state index contributed by atoms with van der Waals surface area (Å²) < 4.78 is 28.2. The highest BCUT2D eigenvalue weighted by Crippen LogP contribution is 2.24. The Balaban J connectivity index is 1.97. The van der Waals surface area contributed by atoms with Crippen molar-refractivity contribution in [3.05, 3.63) is 24.3 Å². The molecule has 0 spiro atoms. The third kappa shape index (κ3) is 3.87. The highest BCUT2D eigenvalue weighted by Gasteiger charge is 2.28. The van der Waals surface area contributed by atoms with E-state index in [0.29, 0.717) is 37.4 Å². The van der Waals surface area contributed by atoms with E-state index < -0.39 is 9.84 Å². The number of amides is 2. The number of hydrogen-bond acceptors (Lipinski definition) is 4. The average molecular weight is 312 g/mol. The van der Waals surface area contributed by atoms with Gasteiger partial charge in [-0.15, -0.1) is 0 Å². The van der Waals surface area contributed by atoms with Gasteiger partial charge in [0.15, 0.2) is 0 Å². The van der Waals surface area contributed by atoms with Crippen LogP contribution in [0.1, 0.15) is 12.8 Å². The zero-order valence-electron chi connectivity index (χ0n) is 12.2. The van der Waals surface area contributed by atoms with Crippen LogP contribution in [-0.2, 0) is 9.84 Å². The number of carbonyl (C=O) groups is 1. The molecule has 0 unspecified atom stereocenters. The Kier molecular flexibility index (Phi) is 4.72. The Morgan fingerprint density at radius 3 is 2.48 bits per heavy atom. The van der Waals surface area contributed by atoms with Crippen molar-refractivity contribution in [2.24, 2.45) is 0 Å². The van der Waals surface area contributed by atoms with Crippen LogP contribution in [0.4, 0.5) is 10.5 Å². The van der Waals surface area contributed by atoms with Crippen LogP contribution in [0.3, 0.4) is 0 Å². The number of nitrogens with zero attached hydrogens (tertiary/aromatic N) is 1. The predicted octanol–water partition coefficient (Wildman–Crippen LogP) is 1.74. The van der Waals surface area contributed by atoms with E-state index in [4.69, 9.17) is 4.74 Å². The first-order valence-electron chi connectivity index (χ1n) is 6.79. The molecule has 1 N–H and O–H groups in total. The predicted molar refractivity (Wildman–Crippen MR) is 81.5 cm³/mol. The highest BCUT2D eigenvalue weighted by molar-refractivity contribution is 7.91. The van der Waals surface area contributed by atoms with Gasteiger partial charge in [0.05, 0.1) is 18.0 Å². The van der Waals surface area contributed by atoms with Gasteiger partial charge in [0.25, 0.3) is 0 Å². The fraction of sp³-hybridized carbons (Fsp3) is 0.500. The fourth-order valence-corrected chi connectivity index (χ4v) is 3.50. The van der Waals surface area contributed by atoms with Crippen LogP contribution in [0.5, 0.6) is 5.75 Å². The zero-order valence-corrected chi connectivity index (χ0v) is 13.0. The number of para-hydroxylation sites is 2. The second kappa shape index (κ2) is 6.34. The summed E-state index contributed by atoms with van der Waals surface area (Å²) in [7, 11) is -1.48. The van der Waals surface area contributed by atoms with E-state index in [0.717, 1.165) is 0 Å². The minimum atomic E-state index is -3.02. The van der Waals surface area contributed by atoms with E-state index in [1.54, 1.807) is 24.1 Å². The van der Waals surface area contributed by atoms with Crippen molar-refractivity contribution in [3.63, 3.8) is 0 Å². The first kappa shape index (κ1) is 15.6. The summed E-state index contributed by atoms with van der Waals surface area (Å²) in [5, 5.41) is 2.46. The van der Waals surface area contributed by atoms with Gasteiger partial charge in [-0.25, -0.2) is 13.2 Å². The standard InChI is InChI=1S/C14H20N2O4S/c1-20-13-6-4-3-5-12(13)15-14(17)16-9-7-11(8-10-16)21(2,18)19/h3-6,11H,7-10H2,1-2H3,(H,15,17). The normalized spacial score (nSPS) is 16.6. The topological polar surface area (TPSA) is 75.7 Å². The smallest absolute Gasteiger partial charge is 0.321 e. The first-order chi connectivity index (χ1) is 9.91. The largest absolute Gasteiger partial charge is 0.495 e. The summed E-state index contributed by atoms with van der Waals surface area (Å²) in [4.78, 5) is 13.8. The monoisotopic (exact) mass is 312 g/mol. The van der Waals surface area contributed by atoms with Gasteiger partial charge >= 0.3 is 6.03 Å². The summed E-state index contributed by atoms with van der Waals surface area (Å²) in [5.74, 6) is 0.594. The van der Waals surface area contributed by atoms with Crippen molar-refractivity contribution in [2.75, 3.05) is 31.8 Å². The molecule has 0 radical (unpaired) electrons. The van der Waals surface area contributed by atoms with Gasteiger partial charge in [-0.05, 0) is 25.0 Å². The van der Waals surface area contributed by atoms with Gasteiger partial charge in [-0.1, -0.05) is 12.1 Å². The molecule has 0 atom stereocenters. The van der Waals surface area contributed by atoms with Gasteiger partial charge in [0, 0.05) is 19.3 Å². The summed E-state index contributed by atoms with van der Waals surface area (Å²) in [5.41, 5.74) is 0.607. The second-order valence-electron chi connectivity index (χ2n) is 5.15. The number of benzene rings is 1.